The van der Waals surface area contributed by atoms with Crippen LogP contribution in [0.5, 0.6) is 0 Å². The number of hydrogen-bond donors (Lipinski definition) is 1. The van der Waals surface area contributed by atoms with Gasteiger partial charge in [0.2, 0.25) is 0 Å². The lowest BCUT2D eigenvalue weighted by Crippen LogP contribution is -2.48. The van der Waals surface area contributed by atoms with Crippen molar-refractivity contribution in [3.8, 4) is 0 Å². The summed E-state index contributed by atoms with van der Waals surface area (Å²) in [5.74, 6) is -1.12. The lowest BCUT2D eigenvalue weighted by Gasteiger charge is -2.42. The number of benzene rings is 2. The van der Waals surface area contributed by atoms with Crippen molar-refractivity contribution in [2.24, 2.45) is 0 Å². The van der Waals surface area contributed by atoms with Crippen LogP contribution in [0.4, 0.5) is 14.5 Å². The van der Waals surface area contributed by atoms with Gasteiger partial charge in [0.25, 0.3) is 0 Å². The maximum atomic E-state index is 14.0. The molecule has 3 rings (SSSR count). The monoisotopic (exact) mass is 261 g/mol. The maximum Gasteiger partial charge on any atom is 0.130 e. The second kappa shape index (κ2) is 4.31. The van der Waals surface area contributed by atoms with Gasteiger partial charge in [0.15, 0.2) is 0 Å². The molecule has 1 heterocycles. The van der Waals surface area contributed by atoms with Crippen LogP contribution in [0, 0.1) is 11.6 Å². The molecule has 2 aromatic carbocycles. The third-order valence-corrected chi connectivity index (χ3v) is 3.61. The van der Waals surface area contributed by atoms with Crippen molar-refractivity contribution >= 4 is 5.69 Å². The molecule has 0 atom stereocenters. The second-order valence-corrected chi connectivity index (χ2v) is 4.82. The van der Waals surface area contributed by atoms with Gasteiger partial charge >= 0.3 is 0 Å². The minimum atomic E-state index is -0.575. The molecule has 1 aliphatic rings. The van der Waals surface area contributed by atoms with E-state index in [0.29, 0.717) is 24.5 Å². The molecular formula is C15H13F2NO. The van der Waals surface area contributed by atoms with E-state index in [0.717, 1.165) is 11.6 Å². The predicted octanol–water partition coefficient (Wildman–Crippen LogP) is 2.86. The van der Waals surface area contributed by atoms with Gasteiger partial charge in [0.1, 0.15) is 11.6 Å². The van der Waals surface area contributed by atoms with Gasteiger partial charge in [0, 0.05) is 17.3 Å². The first-order valence-electron chi connectivity index (χ1n) is 6.01. The smallest absolute Gasteiger partial charge is 0.130 e. The van der Waals surface area contributed by atoms with E-state index in [9.17, 15) is 8.78 Å². The van der Waals surface area contributed by atoms with Crippen molar-refractivity contribution in [1.29, 1.82) is 0 Å². The lowest BCUT2D eigenvalue weighted by atomic mass is 9.72. The average molecular weight is 261 g/mol. The summed E-state index contributed by atoms with van der Waals surface area (Å²) < 4.78 is 32.3. The Kier molecular flexibility index (Phi) is 2.75. The predicted molar refractivity (Wildman–Crippen MR) is 68.8 cm³/mol. The van der Waals surface area contributed by atoms with Crippen molar-refractivity contribution in [1.82, 2.24) is 0 Å². The van der Waals surface area contributed by atoms with Gasteiger partial charge in [-0.1, -0.05) is 18.2 Å². The fourth-order valence-electron chi connectivity index (χ4n) is 2.46. The van der Waals surface area contributed by atoms with E-state index < -0.39 is 17.0 Å². The average Bonchev–Trinajstić information content (AvgIpc) is 2.32. The Balaban J connectivity index is 2.10. The van der Waals surface area contributed by atoms with Crippen molar-refractivity contribution in [3.05, 3.63) is 65.2 Å². The number of hydrogen-bond acceptors (Lipinski definition) is 2. The van der Waals surface area contributed by atoms with Crippen LogP contribution < -0.4 is 5.73 Å². The third-order valence-electron chi connectivity index (χ3n) is 3.61. The molecule has 0 unspecified atom stereocenters. The molecule has 1 aliphatic heterocycles. The molecule has 2 aromatic rings. The fraction of sp³-hybridized carbons (Fsp3) is 0.200. The van der Waals surface area contributed by atoms with Crippen molar-refractivity contribution in [2.45, 2.75) is 5.41 Å². The van der Waals surface area contributed by atoms with E-state index in [4.69, 9.17) is 10.5 Å². The van der Waals surface area contributed by atoms with Crippen LogP contribution in [0.15, 0.2) is 42.5 Å². The molecule has 0 amide bonds. The van der Waals surface area contributed by atoms with Gasteiger partial charge in [0.05, 0.1) is 18.6 Å². The standard InChI is InChI=1S/C15H13F2NO/c16-11-3-6-13(14(17)7-11)15(8-19-9-15)10-1-4-12(18)5-2-10/h1-7H,8-9,18H2. The topological polar surface area (TPSA) is 35.2 Å². The summed E-state index contributed by atoms with van der Waals surface area (Å²) in [5, 5.41) is 0. The van der Waals surface area contributed by atoms with Crippen molar-refractivity contribution < 1.29 is 13.5 Å². The summed E-state index contributed by atoms with van der Waals surface area (Å²) in [5.41, 5.74) is 7.17. The van der Waals surface area contributed by atoms with E-state index in [1.165, 1.54) is 12.1 Å². The lowest BCUT2D eigenvalue weighted by molar-refractivity contribution is -0.0395. The molecular weight excluding hydrogens is 248 g/mol. The summed E-state index contributed by atoms with van der Waals surface area (Å²) >= 11 is 0. The molecule has 1 saturated heterocycles. The highest BCUT2D eigenvalue weighted by atomic mass is 19.1. The fourth-order valence-corrected chi connectivity index (χ4v) is 2.46. The Morgan fingerprint density at radius 2 is 1.68 bits per heavy atom. The molecule has 0 spiro atoms. The van der Waals surface area contributed by atoms with Crippen LogP contribution in [-0.4, -0.2) is 13.2 Å². The van der Waals surface area contributed by atoms with Crippen molar-refractivity contribution in [2.75, 3.05) is 18.9 Å². The Morgan fingerprint density at radius 3 is 2.21 bits per heavy atom. The number of nitrogen functional groups attached to an aromatic ring is 1. The Hall–Kier alpha value is -1.94. The minimum Gasteiger partial charge on any atom is -0.399 e. The van der Waals surface area contributed by atoms with Gasteiger partial charge in [-0.3, -0.25) is 0 Å². The first-order valence-corrected chi connectivity index (χ1v) is 6.01. The highest BCUT2D eigenvalue weighted by Gasteiger charge is 2.43. The number of ether oxygens (including phenoxy) is 1. The molecule has 19 heavy (non-hydrogen) atoms. The molecule has 0 bridgehead atoms. The van der Waals surface area contributed by atoms with E-state index in [-0.39, 0.29) is 0 Å². The van der Waals surface area contributed by atoms with Crippen LogP contribution in [0.2, 0.25) is 0 Å². The van der Waals surface area contributed by atoms with Gasteiger partial charge in [-0.05, 0) is 23.8 Å². The van der Waals surface area contributed by atoms with Crippen LogP contribution >= 0.6 is 0 Å². The highest BCUT2D eigenvalue weighted by molar-refractivity contribution is 5.47. The van der Waals surface area contributed by atoms with Crippen LogP contribution in [0.25, 0.3) is 0 Å². The molecule has 4 heteroatoms. The molecule has 0 aromatic heterocycles. The molecule has 98 valence electrons. The van der Waals surface area contributed by atoms with Gasteiger partial charge in [-0.25, -0.2) is 8.78 Å². The number of nitrogens with two attached hydrogens (primary N) is 1. The zero-order chi connectivity index (χ0) is 13.5. The number of rotatable bonds is 2. The summed E-state index contributed by atoms with van der Waals surface area (Å²) in [7, 11) is 0. The summed E-state index contributed by atoms with van der Waals surface area (Å²) in [4.78, 5) is 0. The minimum absolute atomic E-state index is 0.388. The quantitative estimate of drug-likeness (QED) is 0.844. The second-order valence-electron chi connectivity index (χ2n) is 4.82. The molecule has 1 fully saturated rings. The molecule has 0 saturated carbocycles. The molecule has 0 radical (unpaired) electrons. The molecule has 2 N–H and O–H groups in total. The van der Waals surface area contributed by atoms with E-state index in [1.807, 2.05) is 12.1 Å². The Bertz CT molecular complexity index is 606. The molecule has 0 aliphatic carbocycles. The highest BCUT2D eigenvalue weighted by Crippen LogP contribution is 2.40. The maximum absolute atomic E-state index is 14.0. The van der Waals surface area contributed by atoms with Crippen LogP contribution in [-0.2, 0) is 10.2 Å². The van der Waals surface area contributed by atoms with Crippen LogP contribution in [0.3, 0.4) is 0 Å². The Labute approximate surface area is 109 Å². The third kappa shape index (κ3) is 1.88. The van der Waals surface area contributed by atoms with E-state index in [1.54, 1.807) is 12.1 Å². The molecule has 2 nitrogen and oxygen atoms in total. The Morgan fingerprint density at radius 1 is 1.00 bits per heavy atom. The number of halogens is 2. The summed E-state index contributed by atoms with van der Waals surface area (Å²) in [6.45, 7) is 0.777. The summed E-state index contributed by atoms with van der Waals surface area (Å²) in [6, 6.07) is 10.9. The SMILES string of the molecule is Nc1ccc(C2(c3ccc(F)cc3F)COC2)cc1. The first kappa shape index (κ1) is 12.1. The van der Waals surface area contributed by atoms with E-state index >= 15 is 0 Å². The first-order chi connectivity index (χ1) is 9.12. The zero-order valence-corrected chi connectivity index (χ0v) is 10.2. The van der Waals surface area contributed by atoms with Crippen LogP contribution in [0.1, 0.15) is 11.1 Å². The largest absolute Gasteiger partial charge is 0.399 e. The van der Waals surface area contributed by atoms with Gasteiger partial charge < -0.3 is 10.5 Å². The zero-order valence-electron chi connectivity index (χ0n) is 10.2. The normalized spacial score (nSPS) is 16.9. The summed E-state index contributed by atoms with van der Waals surface area (Å²) in [6.07, 6.45) is 0. The number of anilines is 1. The van der Waals surface area contributed by atoms with E-state index in [2.05, 4.69) is 0 Å². The van der Waals surface area contributed by atoms with Gasteiger partial charge in [-0.2, -0.15) is 0 Å². The van der Waals surface area contributed by atoms with Crippen molar-refractivity contribution in [3.63, 3.8) is 0 Å². The van der Waals surface area contributed by atoms with Gasteiger partial charge in [-0.15, -0.1) is 0 Å².